The Hall–Kier alpha value is -1.44. The molecule has 1 unspecified atom stereocenters. The molecule has 0 fully saturated rings. The van der Waals surface area contributed by atoms with Gasteiger partial charge in [-0.3, -0.25) is 0 Å². The highest BCUT2D eigenvalue weighted by Crippen LogP contribution is 2.35. The van der Waals surface area contributed by atoms with Crippen LogP contribution in [-0.2, 0) is 12.8 Å². The molecular weight excluding hydrogens is 220 g/mol. The van der Waals surface area contributed by atoms with E-state index in [1.807, 2.05) is 6.08 Å². The summed E-state index contributed by atoms with van der Waals surface area (Å²) in [6.45, 7) is 10.8. The Morgan fingerprint density at radius 3 is 2.67 bits per heavy atom. The minimum atomic E-state index is 0.368. The van der Waals surface area contributed by atoms with Gasteiger partial charge in [-0.1, -0.05) is 39.5 Å². The maximum absolute atomic E-state index is 5.70. The minimum Gasteiger partial charge on any atom is -0.403 e. The van der Waals surface area contributed by atoms with Crippen molar-refractivity contribution in [1.82, 2.24) is 4.98 Å². The van der Waals surface area contributed by atoms with Crippen LogP contribution in [0, 0.1) is 11.3 Å². The first kappa shape index (κ1) is 13.0. The summed E-state index contributed by atoms with van der Waals surface area (Å²) in [5.41, 5.74) is 8.87. The van der Waals surface area contributed by atoms with E-state index in [4.69, 9.17) is 5.73 Å². The highest BCUT2D eigenvalue weighted by atomic mass is 14.7. The van der Waals surface area contributed by atoms with E-state index < -0.39 is 0 Å². The summed E-state index contributed by atoms with van der Waals surface area (Å²) in [4.78, 5) is 3.45. The van der Waals surface area contributed by atoms with Crippen molar-refractivity contribution >= 4 is 12.3 Å². The summed E-state index contributed by atoms with van der Waals surface area (Å²) in [7, 11) is 0. The Bertz CT molecular complexity index is 555. The third-order valence-corrected chi connectivity index (χ3v) is 4.13. The number of hydrogen-bond acceptors (Lipinski definition) is 1. The largest absolute Gasteiger partial charge is 0.403 e. The van der Waals surface area contributed by atoms with E-state index in [-0.39, 0.29) is 0 Å². The summed E-state index contributed by atoms with van der Waals surface area (Å²) in [5.74, 6) is 0.739. The number of hydrogen-bond donors (Lipinski definition) is 2. The van der Waals surface area contributed by atoms with Crippen molar-refractivity contribution in [2.45, 2.75) is 40.0 Å². The zero-order valence-electron chi connectivity index (χ0n) is 11.7. The predicted octanol–water partition coefficient (Wildman–Crippen LogP) is 1.83. The van der Waals surface area contributed by atoms with Gasteiger partial charge in [0.05, 0.1) is 5.35 Å². The second-order valence-electron chi connectivity index (χ2n) is 6.28. The quantitative estimate of drug-likeness (QED) is 0.777. The molecule has 0 aliphatic heterocycles. The lowest BCUT2D eigenvalue weighted by molar-refractivity contribution is 0.215. The van der Waals surface area contributed by atoms with Crippen LogP contribution in [0.3, 0.4) is 0 Å². The maximum atomic E-state index is 5.70. The van der Waals surface area contributed by atoms with Crippen molar-refractivity contribution in [2.24, 2.45) is 17.1 Å². The van der Waals surface area contributed by atoms with Gasteiger partial charge in [0, 0.05) is 17.1 Å². The van der Waals surface area contributed by atoms with Crippen LogP contribution < -0.4 is 16.3 Å². The second-order valence-corrected chi connectivity index (χ2v) is 6.28. The molecule has 2 nitrogen and oxygen atoms in total. The molecule has 2 heteroatoms. The number of fused-ring (bicyclic) bond motifs is 1. The molecule has 1 atom stereocenters. The lowest BCUT2D eigenvalue weighted by Gasteiger charge is -2.33. The molecule has 18 heavy (non-hydrogen) atoms. The number of nitrogens with two attached hydrogens (primary N) is 1. The Morgan fingerprint density at radius 2 is 2.11 bits per heavy atom. The number of aryl methyl sites for hydroxylation is 1. The molecule has 0 saturated heterocycles. The van der Waals surface area contributed by atoms with Crippen LogP contribution >= 0.6 is 0 Å². The van der Waals surface area contributed by atoms with Gasteiger partial charge in [-0.2, -0.15) is 0 Å². The average molecular weight is 244 g/mol. The van der Waals surface area contributed by atoms with Gasteiger partial charge in [-0.15, -0.1) is 0 Å². The minimum absolute atomic E-state index is 0.368. The van der Waals surface area contributed by atoms with E-state index in [9.17, 15) is 0 Å². The molecule has 1 heterocycles. The van der Waals surface area contributed by atoms with Crippen LogP contribution in [0.2, 0.25) is 0 Å². The topological polar surface area (TPSA) is 41.8 Å². The molecule has 1 aromatic heterocycles. The zero-order chi connectivity index (χ0) is 13.3. The number of nitrogens with one attached hydrogen (secondary N) is 1. The van der Waals surface area contributed by atoms with Crippen molar-refractivity contribution < 1.29 is 0 Å². The summed E-state index contributed by atoms with van der Waals surface area (Å²) in [6, 6.07) is 0. The molecule has 2 rings (SSSR count). The molecule has 98 valence electrons. The molecule has 0 aromatic carbocycles. The number of aromatic amines is 1. The van der Waals surface area contributed by atoms with Gasteiger partial charge in [0.2, 0.25) is 0 Å². The van der Waals surface area contributed by atoms with E-state index in [1.54, 1.807) is 6.20 Å². The zero-order valence-corrected chi connectivity index (χ0v) is 11.7. The van der Waals surface area contributed by atoms with Crippen LogP contribution in [0.4, 0.5) is 0 Å². The van der Waals surface area contributed by atoms with Crippen molar-refractivity contribution in [3.8, 4) is 0 Å². The Balaban J connectivity index is 2.52. The Labute approximate surface area is 109 Å². The molecule has 1 aliphatic carbocycles. The first-order chi connectivity index (χ1) is 8.47. The third kappa shape index (κ3) is 2.24. The van der Waals surface area contributed by atoms with Crippen molar-refractivity contribution in [3.05, 3.63) is 34.5 Å². The number of H-pyrrole nitrogens is 1. The summed E-state index contributed by atoms with van der Waals surface area (Å²) < 4.78 is 0. The van der Waals surface area contributed by atoms with E-state index in [1.165, 1.54) is 22.9 Å². The summed E-state index contributed by atoms with van der Waals surface area (Å²) >= 11 is 0. The Morgan fingerprint density at radius 1 is 1.39 bits per heavy atom. The molecule has 0 saturated carbocycles. The van der Waals surface area contributed by atoms with Gasteiger partial charge >= 0.3 is 0 Å². The number of allylic oxidation sites excluding steroid dienone is 1. The molecule has 0 spiro atoms. The standard InChI is InChI=1S/C16H24N2/c1-5-6-12-13-9-11(16(2,3)4)7-8-14(13)18-15(12)10-17/h5-6,10-11,18H,1,7-9,17H2,2-4H3/b12-6-,15-10+. The van der Waals surface area contributed by atoms with Gasteiger partial charge in [0.25, 0.3) is 0 Å². The molecule has 3 N–H and O–H groups in total. The molecule has 0 bridgehead atoms. The van der Waals surface area contributed by atoms with E-state index >= 15 is 0 Å². The molecule has 0 radical (unpaired) electrons. The number of aromatic nitrogens is 1. The lowest BCUT2D eigenvalue weighted by atomic mass is 9.72. The highest BCUT2D eigenvalue weighted by molar-refractivity contribution is 5.43. The van der Waals surface area contributed by atoms with Gasteiger partial charge < -0.3 is 10.7 Å². The van der Waals surface area contributed by atoms with E-state index in [0.717, 1.165) is 24.1 Å². The molecule has 1 aromatic rings. The maximum Gasteiger partial charge on any atom is 0.0616 e. The van der Waals surface area contributed by atoms with Gasteiger partial charge in [-0.05, 0) is 36.2 Å². The van der Waals surface area contributed by atoms with Gasteiger partial charge in [0.1, 0.15) is 0 Å². The predicted molar refractivity (Wildman–Crippen MR) is 78.3 cm³/mol. The lowest BCUT2D eigenvalue weighted by Crippen LogP contribution is -2.31. The van der Waals surface area contributed by atoms with Crippen LogP contribution in [0.25, 0.3) is 12.3 Å². The fourth-order valence-corrected chi connectivity index (χ4v) is 2.92. The van der Waals surface area contributed by atoms with Gasteiger partial charge in [-0.25, -0.2) is 0 Å². The van der Waals surface area contributed by atoms with E-state index in [2.05, 4.69) is 38.4 Å². The summed E-state index contributed by atoms with van der Waals surface area (Å²) in [6.07, 6.45) is 9.11. The smallest absolute Gasteiger partial charge is 0.0616 e. The second kappa shape index (κ2) is 4.68. The highest BCUT2D eigenvalue weighted by Gasteiger charge is 2.29. The van der Waals surface area contributed by atoms with Crippen LogP contribution in [0.5, 0.6) is 0 Å². The van der Waals surface area contributed by atoms with Crippen LogP contribution in [0.1, 0.15) is 38.4 Å². The van der Waals surface area contributed by atoms with Crippen molar-refractivity contribution in [1.29, 1.82) is 0 Å². The SMILES string of the molecule is C=C/C=c1/c2c([nH]/c1=C/N)CCC(C(C)(C)C)C2. The normalized spacial score (nSPS) is 22.1. The fraction of sp³-hybridized carbons (Fsp3) is 0.500. The summed E-state index contributed by atoms with van der Waals surface area (Å²) in [5, 5.41) is 2.27. The van der Waals surface area contributed by atoms with Crippen LogP contribution in [0.15, 0.2) is 12.7 Å². The van der Waals surface area contributed by atoms with Crippen molar-refractivity contribution in [3.63, 3.8) is 0 Å². The molecule has 1 aliphatic rings. The first-order valence-electron chi connectivity index (χ1n) is 6.71. The van der Waals surface area contributed by atoms with Gasteiger partial charge in [0.15, 0.2) is 0 Å². The third-order valence-electron chi connectivity index (χ3n) is 4.13. The monoisotopic (exact) mass is 244 g/mol. The fourth-order valence-electron chi connectivity index (χ4n) is 2.92. The number of rotatable bonds is 1. The van der Waals surface area contributed by atoms with Crippen LogP contribution in [-0.4, -0.2) is 4.98 Å². The van der Waals surface area contributed by atoms with Crippen molar-refractivity contribution in [2.75, 3.05) is 0 Å². The average Bonchev–Trinajstić information content (AvgIpc) is 2.66. The molecular formula is C16H24N2. The van der Waals surface area contributed by atoms with E-state index in [0.29, 0.717) is 5.41 Å². The first-order valence-corrected chi connectivity index (χ1v) is 6.71. The molecule has 0 amide bonds. The Kier molecular flexibility index (Phi) is 3.38.